The first kappa shape index (κ1) is 17.8. The summed E-state index contributed by atoms with van der Waals surface area (Å²) < 4.78 is 5.83. The molecule has 0 fully saturated rings. The van der Waals surface area contributed by atoms with Crippen molar-refractivity contribution in [2.24, 2.45) is 0 Å². The number of nitrogens with one attached hydrogen (secondary N) is 1. The van der Waals surface area contributed by atoms with Gasteiger partial charge < -0.3 is 15.2 Å². The number of aromatic carboxylic acids is 1. The highest BCUT2D eigenvalue weighted by Gasteiger charge is 2.16. The number of pyridine rings is 1. The van der Waals surface area contributed by atoms with E-state index in [1.54, 1.807) is 6.07 Å². The molecule has 132 valence electrons. The van der Waals surface area contributed by atoms with Gasteiger partial charge in [0, 0.05) is 18.0 Å². The second-order valence-corrected chi connectivity index (χ2v) is 6.06. The average Bonchev–Trinajstić information content (AvgIpc) is 2.63. The van der Waals surface area contributed by atoms with Crippen molar-refractivity contribution >= 4 is 28.9 Å². The van der Waals surface area contributed by atoms with E-state index in [0.29, 0.717) is 18.0 Å². The lowest BCUT2D eigenvalue weighted by Gasteiger charge is -2.14. The number of rotatable bonds is 6. The van der Waals surface area contributed by atoms with Gasteiger partial charge in [-0.3, -0.25) is 0 Å². The van der Waals surface area contributed by atoms with E-state index < -0.39 is 5.97 Å². The van der Waals surface area contributed by atoms with Crippen molar-refractivity contribution < 1.29 is 14.6 Å². The molecule has 3 rings (SSSR count). The molecule has 0 saturated heterocycles. The Morgan fingerprint density at radius 2 is 1.92 bits per heavy atom. The van der Waals surface area contributed by atoms with Crippen LogP contribution in [0.25, 0.3) is 0 Å². The van der Waals surface area contributed by atoms with Crippen LogP contribution < -0.4 is 10.1 Å². The van der Waals surface area contributed by atoms with Gasteiger partial charge in [-0.15, -0.1) is 0 Å². The average molecular weight is 369 g/mol. The standard InChI is InChI=1S/C20H17ClN2O3/c1-13-7-8-15(26-12-14-5-3-2-4-6-14)11-17(13)23-16-9-10-22-19(21)18(16)20(24)25/h2-11H,12H2,1H3,(H,22,23)(H,24,25). The number of nitrogens with zero attached hydrogens (tertiary/aromatic N) is 1. The maximum Gasteiger partial charge on any atom is 0.340 e. The quantitative estimate of drug-likeness (QED) is 0.595. The largest absolute Gasteiger partial charge is 0.489 e. The van der Waals surface area contributed by atoms with Crippen LogP contribution in [0.3, 0.4) is 0 Å². The Kier molecular flexibility index (Phi) is 5.39. The van der Waals surface area contributed by atoms with Crippen molar-refractivity contribution in [2.45, 2.75) is 13.5 Å². The fraction of sp³-hybridized carbons (Fsp3) is 0.100. The van der Waals surface area contributed by atoms with Crippen LogP contribution in [0, 0.1) is 6.92 Å². The molecule has 0 atom stereocenters. The highest BCUT2D eigenvalue weighted by Crippen LogP contribution is 2.29. The van der Waals surface area contributed by atoms with Crippen molar-refractivity contribution in [1.29, 1.82) is 0 Å². The van der Waals surface area contributed by atoms with Crippen LogP contribution in [0.4, 0.5) is 11.4 Å². The zero-order valence-electron chi connectivity index (χ0n) is 14.1. The molecule has 0 aliphatic carbocycles. The summed E-state index contributed by atoms with van der Waals surface area (Å²) in [6, 6.07) is 17.1. The summed E-state index contributed by atoms with van der Waals surface area (Å²) in [5, 5.41) is 12.4. The van der Waals surface area contributed by atoms with Crippen molar-refractivity contribution in [2.75, 3.05) is 5.32 Å². The monoisotopic (exact) mass is 368 g/mol. The third-order valence-electron chi connectivity index (χ3n) is 3.85. The summed E-state index contributed by atoms with van der Waals surface area (Å²) in [6.45, 7) is 2.37. The number of ether oxygens (including phenoxy) is 1. The number of carboxylic acids is 1. The van der Waals surface area contributed by atoms with Crippen LogP contribution in [0.5, 0.6) is 5.75 Å². The van der Waals surface area contributed by atoms with Gasteiger partial charge in [-0.1, -0.05) is 48.0 Å². The first-order chi connectivity index (χ1) is 12.5. The molecule has 0 aliphatic heterocycles. The molecule has 5 nitrogen and oxygen atoms in total. The van der Waals surface area contributed by atoms with Gasteiger partial charge in [0.2, 0.25) is 0 Å². The Labute approximate surface area is 156 Å². The summed E-state index contributed by atoms with van der Waals surface area (Å²) in [4.78, 5) is 15.3. The Hall–Kier alpha value is -3.05. The normalized spacial score (nSPS) is 10.4. The van der Waals surface area contributed by atoms with Gasteiger partial charge in [0.15, 0.2) is 0 Å². The number of hydrogen-bond acceptors (Lipinski definition) is 4. The lowest BCUT2D eigenvalue weighted by molar-refractivity contribution is 0.0698. The van der Waals surface area contributed by atoms with E-state index in [2.05, 4.69) is 10.3 Å². The molecule has 0 amide bonds. The molecule has 0 saturated carbocycles. The zero-order valence-corrected chi connectivity index (χ0v) is 14.8. The molecule has 1 aromatic heterocycles. The predicted octanol–water partition coefficient (Wildman–Crippen LogP) is 5.06. The smallest absolute Gasteiger partial charge is 0.340 e. The van der Waals surface area contributed by atoms with Crippen LogP contribution in [0.2, 0.25) is 5.15 Å². The molecule has 0 radical (unpaired) electrons. The molecule has 26 heavy (non-hydrogen) atoms. The van der Waals surface area contributed by atoms with E-state index in [0.717, 1.165) is 16.8 Å². The van der Waals surface area contributed by atoms with Gasteiger partial charge in [0.05, 0.1) is 5.69 Å². The van der Waals surface area contributed by atoms with E-state index in [4.69, 9.17) is 16.3 Å². The van der Waals surface area contributed by atoms with Gasteiger partial charge in [-0.05, 0) is 30.2 Å². The topological polar surface area (TPSA) is 71.5 Å². The Morgan fingerprint density at radius 1 is 1.15 bits per heavy atom. The minimum atomic E-state index is -1.14. The molecular formula is C20H17ClN2O3. The number of aromatic nitrogens is 1. The molecule has 0 bridgehead atoms. The van der Waals surface area contributed by atoms with E-state index in [1.165, 1.54) is 6.20 Å². The van der Waals surface area contributed by atoms with Gasteiger partial charge in [0.1, 0.15) is 23.1 Å². The number of benzene rings is 2. The fourth-order valence-electron chi connectivity index (χ4n) is 2.46. The third kappa shape index (κ3) is 4.13. The van der Waals surface area contributed by atoms with E-state index >= 15 is 0 Å². The van der Waals surface area contributed by atoms with E-state index in [-0.39, 0.29) is 10.7 Å². The molecule has 0 aliphatic rings. The minimum Gasteiger partial charge on any atom is -0.489 e. The lowest BCUT2D eigenvalue weighted by atomic mass is 10.1. The first-order valence-electron chi connectivity index (χ1n) is 7.97. The van der Waals surface area contributed by atoms with Gasteiger partial charge in [0.25, 0.3) is 0 Å². The van der Waals surface area contributed by atoms with Crippen LogP contribution in [-0.2, 0) is 6.61 Å². The maximum atomic E-state index is 11.5. The predicted molar refractivity (Wildman–Crippen MR) is 101 cm³/mol. The number of aryl methyl sites for hydroxylation is 1. The van der Waals surface area contributed by atoms with Crippen molar-refractivity contribution in [1.82, 2.24) is 4.98 Å². The summed E-state index contributed by atoms with van der Waals surface area (Å²) in [7, 11) is 0. The second kappa shape index (κ2) is 7.89. The Morgan fingerprint density at radius 3 is 2.65 bits per heavy atom. The molecule has 0 spiro atoms. The highest BCUT2D eigenvalue weighted by atomic mass is 35.5. The van der Waals surface area contributed by atoms with E-state index in [1.807, 2.05) is 55.5 Å². The van der Waals surface area contributed by atoms with Crippen LogP contribution in [0.15, 0.2) is 60.8 Å². The number of anilines is 2. The molecular weight excluding hydrogens is 352 g/mol. The van der Waals surface area contributed by atoms with Crippen molar-refractivity contribution in [3.8, 4) is 5.75 Å². The molecule has 0 unspecified atom stereocenters. The Balaban J connectivity index is 1.83. The Bertz CT molecular complexity index is 930. The summed E-state index contributed by atoms with van der Waals surface area (Å²) in [6.07, 6.45) is 1.46. The van der Waals surface area contributed by atoms with Crippen LogP contribution >= 0.6 is 11.6 Å². The first-order valence-corrected chi connectivity index (χ1v) is 8.34. The van der Waals surface area contributed by atoms with E-state index in [9.17, 15) is 9.90 Å². The number of carboxylic acid groups (broad SMARTS) is 1. The van der Waals surface area contributed by atoms with Gasteiger partial charge in [-0.2, -0.15) is 0 Å². The molecule has 6 heteroatoms. The number of hydrogen-bond donors (Lipinski definition) is 2. The van der Waals surface area contributed by atoms with Crippen molar-refractivity contribution in [3.05, 3.63) is 82.6 Å². The fourth-order valence-corrected chi connectivity index (χ4v) is 2.69. The minimum absolute atomic E-state index is 0.0587. The second-order valence-electron chi connectivity index (χ2n) is 5.71. The lowest BCUT2D eigenvalue weighted by Crippen LogP contribution is -2.05. The highest BCUT2D eigenvalue weighted by molar-refractivity contribution is 6.33. The molecule has 3 aromatic rings. The molecule has 2 aromatic carbocycles. The van der Waals surface area contributed by atoms with Crippen LogP contribution in [0.1, 0.15) is 21.5 Å². The van der Waals surface area contributed by atoms with Crippen LogP contribution in [-0.4, -0.2) is 16.1 Å². The summed E-state index contributed by atoms with van der Waals surface area (Å²) in [5.74, 6) is -0.460. The number of halogens is 1. The third-order valence-corrected chi connectivity index (χ3v) is 4.13. The zero-order chi connectivity index (χ0) is 18.5. The SMILES string of the molecule is Cc1ccc(OCc2ccccc2)cc1Nc1ccnc(Cl)c1C(=O)O. The number of carbonyl (C=O) groups is 1. The van der Waals surface area contributed by atoms with Gasteiger partial charge in [-0.25, -0.2) is 9.78 Å². The van der Waals surface area contributed by atoms with Gasteiger partial charge >= 0.3 is 5.97 Å². The maximum absolute atomic E-state index is 11.5. The molecule has 2 N–H and O–H groups in total. The summed E-state index contributed by atoms with van der Waals surface area (Å²) in [5.41, 5.74) is 3.06. The molecule has 1 heterocycles. The van der Waals surface area contributed by atoms with Crippen molar-refractivity contribution in [3.63, 3.8) is 0 Å². The summed E-state index contributed by atoms with van der Waals surface area (Å²) >= 11 is 5.92.